The molecule has 0 spiro atoms. The first kappa shape index (κ1) is 18.8. The molecule has 1 aromatic heterocycles. The minimum atomic E-state index is -0.408. The van der Waals surface area contributed by atoms with E-state index in [9.17, 15) is 9.59 Å². The van der Waals surface area contributed by atoms with Crippen molar-refractivity contribution in [2.75, 3.05) is 5.32 Å². The lowest BCUT2D eigenvalue weighted by Crippen LogP contribution is -2.17. The number of benzene rings is 1. The third kappa shape index (κ3) is 7.23. The van der Waals surface area contributed by atoms with Crippen LogP contribution in [0.3, 0.4) is 0 Å². The molecule has 2 rings (SSSR count). The summed E-state index contributed by atoms with van der Waals surface area (Å²) in [4.78, 5) is 22.7. The third-order valence-electron chi connectivity index (χ3n) is 3.34. The highest BCUT2D eigenvalue weighted by Crippen LogP contribution is 2.18. The van der Waals surface area contributed by atoms with Gasteiger partial charge in [0.15, 0.2) is 0 Å². The van der Waals surface area contributed by atoms with E-state index in [-0.39, 0.29) is 12.3 Å². The van der Waals surface area contributed by atoms with Crippen molar-refractivity contribution in [3.8, 4) is 0 Å². The molecule has 1 heterocycles. The van der Waals surface area contributed by atoms with Gasteiger partial charge in [-0.3, -0.25) is 14.8 Å². The smallest absolute Gasteiger partial charge is 0.243 e. The SMILES string of the molecule is O=C(CCCCCC(=O)Nc1nnc(C=Cc2ccccc2)s1)NO. The molecule has 2 aromatic rings. The van der Waals surface area contributed by atoms with E-state index >= 15 is 0 Å². The Morgan fingerprint density at radius 3 is 2.44 bits per heavy atom. The van der Waals surface area contributed by atoms with Crippen LogP contribution in [0.25, 0.3) is 12.2 Å². The molecule has 0 aliphatic heterocycles. The molecule has 0 atom stereocenters. The Bertz CT molecular complexity index is 716. The molecular weight excluding hydrogens is 340 g/mol. The van der Waals surface area contributed by atoms with E-state index in [0.717, 1.165) is 12.0 Å². The summed E-state index contributed by atoms with van der Waals surface area (Å²) in [7, 11) is 0. The van der Waals surface area contributed by atoms with Gasteiger partial charge < -0.3 is 5.32 Å². The van der Waals surface area contributed by atoms with Gasteiger partial charge in [0.05, 0.1) is 0 Å². The molecule has 2 amide bonds. The van der Waals surface area contributed by atoms with Crippen LogP contribution in [0.15, 0.2) is 30.3 Å². The number of nitrogens with zero attached hydrogens (tertiary/aromatic N) is 2. The van der Waals surface area contributed by atoms with Crippen molar-refractivity contribution in [2.24, 2.45) is 0 Å². The number of hydrogen-bond acceptors (Lipinski definition) is 6. The highest BCUT2D eigenvalue weighted by molar-refractivity contribution is 7.16. The van der Waals surface area contributed by atoms with Gasteiger partial charge in [-0.2, -0.15) is 0 Å². The largest absolute Gasteiger partial charge is 0.301 e. The summed E-state index contributed by atoms with van der Waals surface area (Å²) in [6, 6.07) is 9.86. The average molecular weight is 360 g/mol. The molecule has 0 radical (unpaired) electrons. The maximum Gasteiger partial charge on any atom is 0.243 e. The minimum Gasteiger partial charge on any atom is -0.301 e. The number of hydroxylamine groups is 1. The number of anilines is 1. The fraction of sp³-hybridized carbons (Fsp3) is 0.294. The number of carbonyl (C=O) groups is 2. The second-order valence-electron chi connectivity index (χ2n) is 5.33. The van der Waals surface area contributed by atoms with Crippen molar-refractivity contribution in [1.82, 2.24) is 15.7 Å². The van der Waals surface area contributed by atoms with Crippen molar-refractivity contribution < 1.29 is 14.8 Å². The monoisotopic (exact) mass is 360 g/mol. The fourth-order valence-corrected chi connectivity index (χ4v) is 2.73. The van der Waals surface area contributed by atoms with Crippen molar-refractivity contribution >= 4 is 40.4 Å². The van der Waals surface area contributed by atoms with E-state index in [1.54, 1.807) is 5.48 Å². The summed E-state index contributed by atoms with van der Waals surface area (Å²) in [6.45, 7) is 0. The Morgan fingerprint density at radius 2 is 1.72 bits per heavy atom. The van der Waals surface area contributed by atoms with Gasteiger partial charge in [-0.1, -0.05) is 54.2 Å². The zero-order chi connectivity index (χ0) is 17.9. The van der Waals surface area contributed by atoms with E-state index in [0.29, 0.717) is 29.4 Å². The van der Waals surface area contributed by atoms with E-state index in [2.05, 4.69) is 15.5 Å². The predicted octanol–water partition coefficient (Wildman–Crippen LogP) is 3.10. The number of unbranched alkanes of at least 4 members (excludes halogenated alkanes) is 2. The zero-order valence-electron chi connectivity index (χ0n) is 13.6. The van der Waals surface area contributed by atoms with Gasteiger partial charge in [0.25, 0.3) is 0 Å². The number of amides is 2. The standard InChI is InChI=1S/C17H20N4O3S/c22-14(9-5-2-6-10-15(23)21-24)18-17-20-19-16(25-17)12-11-13-7-3-1-4-8-13/h1,3-4,7-8,11-12,24H,2,5-6,9-10H2,(H,21,23)(H,18,20,22). The van der Waals surface area contributed by atoms with E-state index in [1.807, 2.05) is 42.5 Å². The van der Waals surface area contributed by atoms with Crippen molar-refractivity contribution in [3.05, 3.63) is 40.9 Å². The second-order valence-corrected chi connectivity index (χ2v) is 6.34. The van der Waals surface area contributed by atoms with Crippen LogP contribution in [0.1, 0.15) is 42.7 Å². The fourth-order valence-electron chi connectivity index (χ4n) is 2.07. The van der Waals surface area contributed by atoms with Crippen LogP contribution in [0.2, 0.25) is 0 Å². The van der Waals surface area contributed by atoms with Gasteiger partial charge in [-0.25, -0.2) is 5.48 Å². The molecule has 1 aromatic carbocycles. The first-order chi connectivity index (χ1) is 12.2. The zero-order valence-corrected chi connectivity index (χ0v) is 14.5. The lowest BCUT2D eigenvalue weighted by Gasteiger charge is -2.01. The minimum absolute atomic E-state index is 0.124. The van der Waals surface area contributed by atoms with Crippen LogP contribution < -0.4 is 10.8 Å². The number of carbonyl (C=O) groups excluding carboxylic acids is 2. The van der Waals surface area contributed by atoms with E-state index in [4.69, 9.17) is 5.21 Å². The molecule has 0 saturated heterocycles. The van der Waals surface area contributed by atoms with Crippen LogP contribution >= 0.6 is 11.3 Å². The summed E-state index contributed by atoms with van der Waals surface area (Å²) in [5, 5.41) is 20.3. The Kier molecular flexibility index (Phi) is 7.74. The number of rotatable bonds is 9. The van der Waals surface area contributed by atoms with Gasteiger partial charge in [0, 0.05) is 12.8 Å². The third-order valence-corrected chi connectivity index (χ3v) is 4.14. The lowest BCUT2D eigenvalue weighted by atomic mass is 10.1. The molecule has 0 aliphatic rings. The first-order valence-electron chi connectivity index (χ1n) is 7.97. The molecule has 25 heavy (non-hydrogen) atoms. The molecule has 8 heteroatoms. The Morgan fingerprint density at radius 1 is 1.00 bits per heavy atom. The van der Waals surface area contributed by atoms with E-state index in [1.165, 1.54) is 11.3 Å². The Balaban J connectivity index is 1.70. The molecule has 0 saturated carbocycles. The summed E-state index contributed by atoms with van der Waals surface area (Å²) in [5.41, 5.74) is 2.65. The Labute approximate surface area is 149 Å². The van der Waals surface area contributed by atoms with Crippen molar-refractivity contribution in [3.63, 3.8) is 0 Å². The van der Waals surface area contributed by atoms with Crippen LogP contribution in [0.4, 0.5) is 5.13 Å². The Hall–Kier alpha value is -2.58. The highest BCUT2D eigenvalue weighted by atomic mass is 32.1. The lowest BCUT2D eigenvalue weighted by molar-refractivity contribution is -0.129. The molecule has 0 unspecified atom stereocenters. The van der Waals surface area contributed by atoms with Crippen LogP contribution in [-0.2, 0) is 9.59 Å². The number of aromatic nitrogens is 2. The molecule has 0 fully saturated rings. The van der Waals surface area contributed by atoms with Crippen molar-refractivity contribution in [2.45, 2.75) is 32.1 Å². The summed E-state index contributed by atoms with van der Waals surface area (Å²) in [5.74, 6) is -0.532. The highest BCUT2D eigenvalue weighted by Gasteiger charge is 2.07. The molecule has 7 nitrogen and oxygen atoms in total. The van der Waals surface area contributed by atoms with Gasteiger partial charge in [0.1, 0.15) is 5.01 Å². The number of hydrogen-bond donors (Lipinski definition) is 3. The van der Waals surface area contributed by atoms with Gasteiger partial charge in [-0.05, 0) is 24.5 Å². The molecular formula is C17H20N4O3S. The average Bonchev–Trinajstić information content (AvgIpc) is 3.07. The maximum atomic E-state index is 11.8. The quantitative estimate of drug-likeness (QED) is 0.362. The maximum absolute atomic E-state index is 11.8. The van der Waals surface area contributed by atoms with Gasteiger partial charge in [0.2, 0.25) is 16.9 Å². The second kappa shape index (κ2) is 10.3. The number of nitrogens with one attached hydrogen (secondary N) is 2. The molecule has 0 bridgehead atoms. The van der Waals surface area contributed by atoms with Gasteiger partial charge in [-0.15, -0.1) is 10.2 Å². The summed E-state index contributed by atoms with van der Waals surface area (Å²) in [6.07, 6.45) is 6.45. The molecule has 0 aliphatic carbocycles. The van der Waals surface area contributed by atoms with Crippen LogP contribution in [-0.4, -0.2) is 27.2 Å². The summed E-state index contributed by atoms with van der Waals surface area (Å²) >= 11 is 1.31. The predicted molar refractivity (Wildman–Crippen MR) is 96.9 cm³/mol. The summed E-state index contributed by atoms with van der Waals surface area (Å²) < 4.78 is 0. The molecule has 3 N–H and O–H groups in total. The topological polar surface area (TPSA) is 104 Å². The first-order valence-corrected chi connectivity index (χ1v) is 8.78. The van der Waals surface area contributed by atoms with Crippen LogP contribution in [0, 0.1) is 0 Å². The molecule has 132 valence electrons. The van der Waals surface area contributed by atoms with Gasteiger partial charge >= 0.3 is 0 Å². The van der Waals surface area contributed by atoms with E-state index < -0.39 is 5.91 Å². The normalized spacial score (nSPS) is 10.8. The van der Waals surface area contributed by atoms with Crippen molar-refractivity contribution in [1.29, 1.82) is 0 Å². The van der Waals surface area contributed by atoms with Crippen LogP contribution in [0.5, 0.6) is 0 Å².